The van der Waals surface area contributed by atoms with Gasteiger partial charge in [0.2, 0.25) is 0 Å². The lowest BCUT2D eigenvalue weighted by Gasteiger charge is -2.28. The first kappa shape index (κ1) is 18.0. The van der Waals surface area contributed by atoms with Gasteiger partial charge in [0.25, 0.3) is 0 Å². The molecule has 1 N–H and O–H groups in total. The fraction of sp³-hybridized carbons (Fsp3) is 0.867. The molecule has 0 aromatic heterocycles. The summed E-state index contributed by atoms with van der Waals surface area (Å²) < 4.78 is 28.3. The lowest BCUT2D eigenvalue weighted by Crippen LogP contribution is -2.47. The smallest absolute Gasteiger partial charge is 0.317 e. The molecule has 1 heterocycles. The number of esters is 1. The maximum absolute atomic E-state index is 12.3. The summed E-state index contributed by atoms with van der Waals surface area (Å²) in [4.78, 5) is 26.0. The summed E-state index contributed by atoms with van der Waals surface area (Å²) in [6.45, 7) is 3.00. The molecule has 2 rings (SSSR count). The van der Waals surface area contributed by atoms with Gasteiger partial charge in [-0.1, -0.05) is 12.8 Å². The monoisotopic (exact) mass is 346 g/mol. The van der Waals surface area contributed by atoms with Crippen molar-refractivity contribution >= 4 is 21.8 Å². The summed E-state index contributed by atoms with van der Waals surface area (Å²) in [7, 11) is -3.13. The average molecular weight is 346 g/mol. The topological polar surface area (TPSA) is 92.8 Å². The number of urea groups is 1. The highest BCUT2D eigenvalue weighted by atomic mass is 32.2. The Morgan fingerprint density at radius 3 is 2.48 bits per heavy atom. The van der Waals surface area contributed by atoms with E-state index in [-0.39, 0.29) is 25.1 Å². The van der Waals surface area contributed by atoms with Gasteiger partial charge in [-0.05, 0) is 26.2 Å². The first-order valence-electron chi connectivity index (χ1n) is 8.17. The Bertz CT molecular complexity index is 554. The zero-order valence-electron chi connectivity index (χ0n) is 13.8. The van der Waals surface area contributed by atoms with Crippen LogP contribution in [0.3, 0.4) is 0 Å². The molecule has 8 heteroatoms. The van der Waals surface area contributed by atoms with Gasteiger partial charge < -0.3 is 15.0 Å². The van der Waals surface area contributed by atoms with Crippen molar-refractivity contribution in [3.05, 3.63) is 0 Å². The van der Waals surface area contributed by atoms with Crippen molar-refractivity contribution in [2.45, 2.75) is 44.3 Å². The van der Waals surface area contributed by atoms with E-state index in [1.54, 1.807) is 6.92 Å². The maximum Gasteiger partial charge on any atom is 0.317 e. The van der Waals surface area contributed by atoms with Gasteiger partial charge >= 0.3 is 12.0 Å². The fourth-order valence-corrected chi connectivity index (χ4v) is 4.39. The molecule has 1 saturated heterocycles. The molecule has 132 valence electrons. The van der Waals surface area contributed by atoms with Crippen LogP contribution in [0, 0.1) is 5.41 Å². The molecule has 0 radical (unpaired) electrons. The molecule has 7 nitrogen and oxygen atoms in total. The lowest BCUT2D eigenvalue weighted by molar-refractivity contribution is -0.154. The van der Waals surface area contributed by atoms with Crippen molar-refractivity contribution in [2.24, 2.45) is 5.41 Å². The Kier molecular flexibility index (Phi) is 5.54. The molecule has 1 aliphatic carbocycles. The van der Waals surface area contributed by atoms with Gasteiger partial charge in [-0.3, -0.25) is 4.79 Å². The van der Waals surface area contributed by atoms with E-state index in [9.17, 15) is 18.0 Å². The molecule has 0 bridgehead atoms. The van der Waals surface area contributed by atoms with Crippen molar-refractivity contribution in [2.75, 3.05) is 32.5 Å². The molecule has 1 saturated carbocycles. The minimum atomic E-state index is -3.13. The van der Waals surface area contributed by atoms with Crippen LogP contribution in [0.25, 0.3) is 0 Å². The van der Waals surface area contributed by atoms with Crippen LogP contribution in [0.1, 0.15) is 39.0 Å². The van der Waals surface area contributed by atoms with Gasteiger partial charge in [-0.25, -0.2) is 13.2 Å². The molecule has 2 fully saturated rings. The number of ether oxygens (including phenoxy) is 1. The van der Waals surface area contributed by atoms with Crippen LogP contribution in [0.5, 0.6) is 0 Å². The van der Waals surface area contributed by atoms with E-state index in [2.05, 4.69) is 5.32 Å². The molecule has 2 amide bonds. The molecular weight excluding hydrogens is 320 g/mol. The average Bonchev–Trinajstić information content (AvgIpc) is 3.14. The standard InChI is InChI=1S/C15H26N2O5S/c1-3-22-13(18)15(7-4-5-8-15)11-16-14(19)17-9-6-12(10-17)23(2,20)21/h12H,3-11H2,1-2H3,(H,16,19)/t12-/m1/s1. The van der Waals surface area contributed by atoms with Gasteiger partial charge in [-0.15, -0.1) is 0 Å². The van der Waals surface area contributed by atoms with E-state index >= 15 is 0 Å². The molecule has 0 aromatic carbocycles. The van der Waals surface area contributed by atoms with E-state index < -0.39 is 20.5 Å². The van der Waals surface area contributed by atoms with Gasteiger partial charge in [0.15, 0.2) is 9.84 Å². The molecule has 1 aliphatic heterocycles. The van der Waals surface area contributed by atoms with Crippen LogP contribution in [-0.2, 0) is 19.4 Å². The van der Waals surface area contributed by atoms with Gasteiger partial charge in [0, 0.05) is 25.9 Å². The fourth-order valence-electron chi connectivity index (χ4n) is 3.41. The third-order valence-electron chi connectivity index (χ3n) is 4.88. The summed E-state index contributed by atoms with van der Waals surface area (Å²) in [5.74, 6) is -0.242. The third kappa shape index (κ3) is 4.16. The minimum absolute atomic E-state index is 0.219. The summed E-state index contributed by atoms with van der Waals surface area (Å²) in [6, 6.07) is -0.299. The van der Waals surface area contributed by atoms with E-state index in [4.69, 9.17) is 4.74 Å². The zero-order valence-corrected chi connectivity index (χ0v) is 14.7. The second kappa shape index (κ2) is 7.07. The number of sulfone groups is 1. The Balaban J connectivity index is 1.91. The van der Waals surface area contributed by atoms with Crippen LogP contribution in [0.15, 0.2) is 0 Å². The van der Waals surface area contributed by atoms with Crippen molar-refractivity contribution in [1.29, 1.82) is 0 Å². The van der Waals surface area contributed by atoms with Gasteiger partial charge in [-0.2, -0.15) is 0 Å². The summed E-state index contributed by atoms with van der Waals surface area (Å²) in [5, 5.41) is 2.32. The number of nitrogens with one attached hydrogen (secondary N) is 1. The number of rotatable bonds is 5. The van der Waals surface area contributed by atoms with Gasteiger partial charge in [0.1, 0.15) is 0 Å². The molecule has 0 spiro atoms. The van der Waals surface area contributed by atoms with E-state index in [0.717, 1.165) is 25.7 Å². The summed E-state index contributed by atoms with van der Waals surface area (Å²) in [5.41, 5.74) is -0.623. The minimum Gasteiger partial charge on any atom is -0.466 e. The van der Waals surface area contributed by atoms with Crippen LogP contribution in [0.2, 0.25) is 0 Å². The second-order valence-corrected chi connectivity index (χ2v) is 8.88. The maximum atomic E-state index is 12.3. The highest BCUT2D eigenvalue weighted by Crippen LogP contribution is 2.38. The first-order chi connectivity index (χ1) is 10.8. The second-order valence-electron chi connectivity index (χ2n) is 6.55. The predicted molar refractivity (Wildman–Crippen MR) is 85.8 cm³/mol. The Hall–Kier alpha value is -1.31. The quantitative estimate of drug-likeness (QED) is 0.748. The number of carbonyl (C=O) groups is 2. The molecule has 23 heavy (non-hydrogen) atoms. The predicted octanol–water partition coefficient (Wildman–Crippen LogP) is 0.938. The van der Waals surface area contributed by atoms with E-state index in [1.165, 1.54) is 11.2 Å². The number of hydrogen-bond donors (Lipinski definition) is 1. The van der Waals surface area contributed by atoms with Crippen LogP contribution >= 0.6 is 0 Å². The zero-order chi connectivity index (χ0) is 17.1. The first-order valence-corrected chi connectivity index (χ1v) is 10.1. The van der Waals surface area contributed by atoms with Crippen LogP contribution in [-0.4, -0.2) is 63.1 Å². The molecule has 1 atom stereocenters. The van der Waals surface area contributed by atoms with E-state index in [0.29, 0.717) is 19.6 Å². The molecule has 2 aliphatic rings. The highest BCUT2D eigenvalue weighted by molar-refractivity contribution is 7.91. The number of nitrogens with zero attached hydrogens (tertiary/aromatic N) is 1. The molecular formula is C15H26N2O5S. The Morgan fingerprint density at radius 2 is 1.96 bits per heavy atom. The third-order valence-corrected chi connectivity index (χ3v) is 6.48. The normalized spacial score (nSPS) is 23.7. The van der Waals surface area contributed by atoms with E-state index in [1.807, 2.05) is 0 Å². The van der Waals surface area contributed by atoms with Crippen molar-refractivity contribution in [1.82, 2.24) is 10.2 Å². The molecule has 0 unspecified atom stereocenters. The number of likely N-dealkylation sites (tertiary alicyclic amines) is 1. The van der Waals surface area contributed by atoms with Crippen LogP contribution in [0.4, 0.5) is 4.79 Å². The van der Waals surface area contributed by atoms with Crippen molar-refractivity contribution in [3.63, 3.8) is 0 Å². The van der Waals surface area contributed by atoms with Crippen molar-refractivity contribution in [3.8, 4) is 0 Å². The highest BCUT2D eigenvalue weighted by Gasteiger charge is 2.43. The SMILES string of the molecule is CCOC(=O)C1(CNC(=O)N2CC[C@@H](S(C)(=O)=O)C2)CCCC1. The van der Waals surface area contributed by atoms with Crippen molar-refractivity contribution < 1.29 is 22.7 Å². The number of amides is 2. The Morgan fingerprint density at radius 1 is 1.30 bits per heavy atom. The van der Waals surface area contributed by atoms with Gasteiger partial charge in [0.05, 0.1) is 17.3 Å². The largest absolute Gasteiger partial charge is 0.466 e. The van der Waals surface area contributed by atoms with Crippen LogP contribution < -0.4 is 5.32 Å². The molecule has 0 aromatic rings. The number of carbonyl (C=O) groups excluding carboxylic acids is 2. The summed E-state index contributed by atoms with van der Waals surface area (Å²) in [6.07, 6.45) is 5.02. The Labute approximate surface area is 137 Å². The number of hydrogen-bond acceptors (Lipinski definition) is 5. The lowest BCUT2D eigenvalue weighted by atomic mass is 9.86. The summed E-state index contributed by atoms with van der Waals surface area (Å²) >= 11 is 0.